The van der Waals surface area contributed by atoms with Gasteiger partial charge in [0.25, 0.3) is 0 Å². The molecule has 2 unspecified atom stereocenters. The summed E-state index contributed by atoms with van der Waals surface area (Å²) < 4.78 is 40.5. The fourth-order valence-corrected chi connectivity index (χ4v) is 4.07. The number of imide groups is 1. The van der Waals surface area contributed by atoms with Gasteiger partial charge in [-0.3, -0.25) is 14.5 Å². The summed E-state index contributed by atoms with van der Waals surface area (Å²) in [6.45, 7) is 0.0135. The molecule has 5 nitrogen and oxygen atoms in total. The monoisotopic (exact) mass is 368 g/mol. The molecule has 0 radical (unpaired) electrons. The highest BCUT2D eigenvalue weighted by Gasteiger charge is 2.52. The van der Waals surface area contributed by atoms with E-state index in [9.17, 15) is 27.9 Å². The number of aromatic hydroxyl groups is 1. The summed E-state index contributed by atoms with van der Waals surface area (Å²) in [5, 5.41) is 9.31. The van der Waals surface area contributed by atoms with Crippen molar-refractivity contribution in [2.45, 2.75) is 19.4 Å². The lowest BCUT2D eigenvalue weighted by molar-refractivity contribution is -0.140. The molecule has 9 heteroatoms. The molecule has 2 amide bonds. The molecule has 2 fully saturated rings. The van der Waals surface area contributed by atoms with Gasteiger partial charge in [0.15, 0.2) is 17.4 Å². The summed E-state index contributed by atoms with van der Waals surface area (Å²) in [6, 6.07) is 0.611. The second kappa shape index (κ2) is 5.55. The van der Waals surface area contributed by atoms with Gasteiger partial charge in [0.1, 0.15) is 5.01 Å². The van der Waals surface area contributed by atoms with Crippen molar-refractivity contribution in [2.75, 3.05) is 0 Å². The third-order valence-corrected chi connectivity index (χ3v) is 5.69. The van der Waals surface area contributed by atoms with Gasteiger partial charge in [-0.2, -0.15) is 4.39 Å². The number of phenolic OH excluding ortho intramolecular Hbond substituents is 1. The Bertz CT molecular complexity index is 892. The molecule has 1 aromatic carbocycles. The van der Waals surface area contributed by atoms with Crippen molar-refractivity contribution >= 4 is 23.2 Å². The molecule has 0 spiro atoms. The minimum absolute atomic E-state index is 0.0135. The largest absolute Gasteiger partial charge is 0.503 e. The lowest BCUT2D eigenvalue weighted by Gasteiger charge is -2.24. The van der Waals surface area contributed by atoms with E-state index in [1.54, 1.807) is 0 Å². The van der Waals surface area contributed by atoms with Gasteiger partial charge in [-0.1, -0.05) is 0 Å². The van der Waals surface area contributed by atoms with Crippen LogP contribution in [0.1, 0.15) is 17.7 Å². The van der Waals surface area contributed by atoms with Crippen molar-refractivity contribution in [1.29, 1.82) is 0 Å². The van der Waals surface area contributed by atoms with Crippen LogP contribution in [0, 0.1) is 29.3 Å². The van der Waals surface area contributed by atoms with Gasteiger partial charge < -0.3 is 5.11 Å². The summed E-state index contributed by atoms with van der Waals surface area (Å²) in [5.74, 6) is -6.69. The van der Waals surface area contributed by atoms with Crippen LogP contribution in [0.25, 0.3) is 10.6 Å². The molecule has 2 aliphatic rings. The quantitative estimate of drug-likeness (QED) is 0.668. The van der Waals surface area contributed by atoms with Crippen molar-refractivity contribution < 1.29 is 27.9 Å². The molecule has 1 N–H and O–H groups in total. The number of carbonyl (C=O) groups is 2. The Morgan fingerprint density at radius 1 is 1.16 bits per heavy atom. The fourth-order valence-electron chi connectivity index (χ4n) is 3.16. The van der Waals surface area contributed by atoms with Crippen LogP contribution in [0.3, 0.4) is 0 Å². The van der Waals surface area contributed by atoms with E-state index in [2.05, 4.69) is 4.98 Å². The molecule has 2 atom stereocenters. The minimum atomic E-state index is -1.67. The third-order valence-electron chi connectivity index (χ3n) is 4.67. The Kier molecular flexibility index (Phi) is 3.57. The summed E-state index contributed by atoms with van der Waals surface area (Å²) in [7, 11) is 0. The maximum atomic E-state index is 14.0. The third kappa shape index (κ3) is 2.33. The molecule has 2 heterocycles. The van der Waals surface area contributed by atoms with Gasteiger partial charge in [0.2, 0.25) is 17.6 Å². The number of hydrogen-bond acceptors (Lipinski definition) is 5. The highest BCUT2D eigenvalue weighted by atomic mass is 32.1. The van der Waals surface area contributed by atoms with Crippen LogP contribution in [0.5, 0.6) is 5.75 Å². The van der Waals surface area contributed by atoms with Crippen molar-refractivity contribution in [3.63, 3.8) is 0 Å². The Hall–Kier alpha value is -2.42. The smallest absolute Gasteiger partial charge is 0.233 e. The molecule has 1 aromatic heterocycles. The van der Waals surface area contributed by atoms with E-state index >= 15 is 0 Å². The Morgan fingerprint density at radius 3 is 2.40 bits per heavy atom. The molecule has 25 heavy (non-hydrogen) atoms. The molecule has 1 saturated heterocycles. The number of halogens is 3. The molecular formula is C16H11F3N2O3S. The maximum absolute atomic E-state index is 14.0. The Balaban J connectivity index is 1.61. The Morgan fingerprint density at radius 2 is 1.80 bits per heavy atom. The summed E-state index contributed by atoms with van der Waals surface area (Å²) in [5.41, 5.74) is -0.383. The van der Waals surface area contributed by atoms with E-state index in [-0.39, 0.29) is 40.8 Å². The molecule has 1 saturated carbocycles. The second-order valence-corrected chi connectivity index (χ2v) is 7.18. The van der Waals surface area contributed by atoms with Gasteiger partial charge in [-0.05, 0) is 18.9 Å². The predicted octanol–water partition coefficient (Wildman–Crippen LogP) is 2.83. The van der Waals surface area contributed by atoms with Crippen molar-refractivity contribution in [2.24, 2.45) is 11.8 Å². The number of likely N-dealkylation sites (tertiary alicyclic amines) is 1. The van der Waals surface area contributed by atoms with E-state index < -0.39 is 23.2 Å². The number of thiazole rings is 1. The molecule has 130 valence electrons. The standard InChI is InChI=1S/C16H11F3N2O3S/c17-10-3-9(11(18)13(22)12(10)19)14-20-4-6(25-14)5-21-15(23)7-1-2-8(7)16(21)24/h3-4,7-8,22H,1-2,5H2. The molecular weight excluding hydrogens is 357 g/mol. The molecule has 0 bridgehead atoms. The summed E-state index contributed by atoms with van der Waals surface area (Å²) in [4.78, 5) is 29.9. The molecule has 1 aliphatic carbocycles. The van der Waals surface area contributed by atoms with Crippen LogP contribution < -0.4 is 0 Å². The van der Waals surface area contributed by atoms with Gasteiger partial charge in [0.05, 0.1) is 23.9 Å². The lowest BCUT2D eigenvalue weighted by Crippen LogP contribution is -2.29. The normalized spacial score (nSPS) is 22.3. The number of benzene rings is 1. The SMILES string of the molecule is O=C1C2CCC2C(=O)N1Cc1cnc(-c2cc(F)c(F)c(O)c2F)s1. The van der Waals surface area contributed by atoms with Gasteiger partial charge in [0, 0.05) is 11.1 Å². The Labute approximate surface area is 143 Å². The van der Waals surface area contributed by atoms with Gasteiger partial charge in [-0.25, -0.2) is 13.8 Å². The second-order valence-electron chi connectivity index (χ2n) is 6.07. The number of amides is 2. The van der Waals surface area contributed by atoms with Gasteiger partial charge >= 0.3 is 0 Å². The zero-order chi connectivity index (χ0) is 17.9. The van der Waals surface area contributed by atoms with E-state index in [4.69, 9.17) is 0 Å². The van der Waals surface area contributed by atoms with Crippen LogP contribution in [-0.2, 0) is 16.1 Å². The van der Waals surface area contributed by atoms with Crippen molar-refractivity contribution in [1.82, 2.24) is 9.88 Å². The predicted molar refractivity (Wildman–Crippen MR) is 80.9 cm³/mol. The minimum Gasteiger partial charge on any atom is -0.503 e. The van der Waals surface area contributed by atoms with Crippen LogP contribution in [0.2, 0.25) is 0 Å². The highest BCUT2D eigenvalue weighted by molar-refractivity contribution is 7.15. The van der Waals surface area contributed by atoms with E-state index in [0.29, 0.717) is 23.8 Å². The van der Waals surface area contributed by atoms with Gasteiger partial charge in [-0.15, -0.1) is 11.3 Å². The van der Waals surface area contributed by atoms with Crippen LogP contribution in [0.4, 0.5) is 13.2 Å². The summed E-state index contributed by atoms with van der Waals surface area (Å²) >= 11 is 0.940. The maximum Gasteiger partial charge on any atom is 0.233 e. The van der Waals surface area contributed by atoms with Crippen molar-refractivity contribution in [3.8, 4) is 16.3 Å². The number of phenols is 1. The van der Waals surface area contributed by atoms with Crippen molar-refractivity contribution in [3.05, 3.63) is 34.6 Å². The van der Waals surface area contributed by atoms with E-state index in [1.165, 1.54) is 11.1 Å². The van der Waals surface area contributed by atoms with Crippen LogP contribution in [0.15, 0.2) is 12.3 Å². The number of nitrogens with zero attached hydrogens (tertiary/aromatic N) is 2. The number of carbonyl (C=O) groups excluding carboxylic acids is 2. The van der Waals surface area contributed by atoms with Crippen LogP contribution in [-0.4, -0.2) is 26.8 Å². The molecule has 4 rings (SSSR count). The topological polar surface area (TPSA) is 70.5 Å². The highest BCUT2D eigenvalue weighted by Crippen LogP contribution is 2.43. The first kappa shape index (κ1) is 16.1. The van der Waals surface area contributed by atoms with Crippen LogP contribution >= 0.6 is 11.3 Å². The molecule has 2 aromatic rings. The molecule has 1 aliphatic heterocycles. The first-order valence-corrected chi connectivity index (χ1v) is 8.37. The number of rotatable bonds is 3. The zero-order valence-electron chi connectivity index (χ0n) is 12.6. The zero-order valence-corrected chi connectivity index (χ0v) is 13.4. The first-order valence-electron chi connectivity index (χ1n) is 7.55. The number of aromatic nitrogens is 1. The number of hydrogen-bond donors (Lipinski definition) is 1. The fraction of sp³-hybridized carbons (Fsp3) is 0.312. The average Bonchev–Trinajstić information content (AvgIpc) is 3.06. The van der Waals surface area contributed by atoms with E-state index in [0.717, 1.165) is 11.3 Å². The first-order chi connectivity index (χ1) is 11.9. The van der Waals surface area contributed by atoms with E-state index in [1.807, 2.05) is 0 Å². The average molecular weight is 368 g/mol. The lowest BCUT2D eigenvalue weighted by atomic mass is 9.76. The summed E-state index contributed by atoms with van der Waals surface area (Å²) in [6.07, 6.45) is 2.76. The number of fused-ring (bicyclic) bond motifs is 1.